The molecule has 2 aliphatic rings. The van der Waals surface area contributed by atoms with Crippen LogP contribution in [0.3, 0.4) is 0 Å². The number of hydrogen-bond acceptors (Lipinski definition) is 2. The molecule has 2 bridgehead atoms. The van der Waals surface area contributed by atoms with E-state index in [1.54, 1.807) is 0 Å². The first-order chi connectivity index (χ1) is 10.7. The minimum absolute atomic E-state index is 0.0226. The zero-order chi connectivity index (χ0) is 15.1. The van der Waals surface area contributed by atoms with Crippen LogP contribution in [0.4, 0.5) is 0 Å². The quantitative estimate of drug-likeness (QED) is 0.922. The van der Waals surface area contributed by atoms with Crippen molar-refractivity contribution in [2.45, 2.75) is 18.9 Å². The molecule has 0 radical (unpaired) electrons. The van der Waals surface area contributed by atoms with Gasteiger partial charge in [-0.05, 0) is 60.3 Å². The summed E-state index contributed by atoms with van der Waals surface area (Å²) in [6.45, 7) is 3.38. The molecule has 1 amide bonds. The third-order valence-electron chi connectivity index (χ3n) is 4.87. The van der Waals surface area contributed by atoms with Crippen molar-refractivity contribution in [1.82, 2.24) is 10.2 Å². The number of fused-ring (bicyclic) bond motifs is 3. The van der Waals surface area contributed by atoms with Crippen LogP contribution in [0.25, 0.3) is 10.8 Å². The third kappa shape index (κ3) is 2.71. The van der Waals surface area contributed by atoms with Gasteiger partial charge in [0.1, 0.15) is 0 Å². The molecule has 2 aromatic carbocycles. The Kier molecular flexibility index (Phi) is 3.55. The molecule has 22 heavy (non-hydrogen) atoms. The molecule has 3 atom stereocenters. The standard InChI is InChI=1S/C18H19ClN2O/c19-16-4-3-13-1-2-14(8-15(13)9-16)18(22)20-17-7-12-5-6-21(10-12)11-17/h1-4,8-9,12,17H,5-7,10-11H2,(H,20,22)/t12-,17-/m1/s1. The lowest BCUT2D eigenvalue weighted by atomic mass is 9.96. The van der Waals surface area contributed by atoms with Gasteiger partial charge < -0.3 is 10.2 Å². The summed E-state index contributed by atoms with van der Waals surface area (Å²) in [7, 11) is 0. The Hall–Kier alpha value is -1.58. The molecule has 0 spiro atoms. The van der Waals surface area contributed by atoms with Gasteiger partial charge in [-0.15, -0.1) is 0 Å². The fraction of sp³-hybridized carbons (Fsp3) is 0.389. The highest BCUT2D eigenvalue weighted by Gasteiger charge is 2.32. The first-order valence-corrected chi connectivity index (χ1v) is 8.28. The van der Waals surface area contributed by atoms with E-state index in [0.29, 0.717) is 10.6 Å². The molecule has 4 rings (SSSR count). The number of halogens is 1. The van der Waals surface area contributed by atoms with Gasteiger partial charge in [0.05, 0.1) is 0 Å². The van der Waals surface area contributed by atoms with E-state index < -0.39 is 0 Å². The first-order valence-electron chi connectivity index (χ1n) is 7.90. The van der Waals surface area contributed by atoms with Gasteiger partial charge in [0, 0.05) is 29.7 Å². The third-order valence-corrected chi connectivity index (χ3v) is 5.10. The van der Waals surface area contributed by atoms with Crippen molar-refractivity contribution >= 4 is 28.3 Å². The first kappa shape index (κ1) is 14.0. The number of piperidine rings is 1. The summed E-state index contributed by atoms with van der Waals surface area (Å²) in [6, 6.07) is 11.8. The highest BCUT2D eigenvalue weighted by atomic mass is 35.5. The van der Waals surface area contributed by atoms with Gasteiger partial charge in [0.25, 0.3) is 5.91 Å². The number of amides is 1. The van der Waals surface area contributed by atoms with Gasteiger partial charge in [0.2, 0.25) is 0 Å². The molecule has 2 aliphatic heterocycles. The van der Waals surface area contributed by atoms with E-state index in [1.807, 2.05) is 36.4 Å². The minimum Gasteiger partial charge on any atom is -0.348 e. The molecule has 0 saturated carbocycles. The second-order valence-electron chi connectivity index (χ2n) is 6.53. The van der Waals surface area contributed by atoms with Crippen molar-refractivity contribution in [1.29, 1.82) is 0 Å². The van der Waals surface area contributed by atoms with Crippen molar-refractivity contribution in [3.05, 3.63) is 47.0 Å². The van der Waals surface area contributed by atoms with Crippen LogP contribution in [0, 0.1) is 5.92 Å². The van der Waals surface area contributed by atoms with E-state index in [9.17, 15) is 4.79 Å². The van der Waals surface area contributed by atoms with Crippen LogP contribution in [-0.4, -0.2) is 36.5 Å². The smallest absolute Gasteiger partial charge is 0.251 e. The number of rotatable bonds is 2. The Morgan fingerprint density at radius 2 is 2.00 bits per heavy atom. The molecule has 1 unspecified atom stereocenters. The molecule has 1 N–H and O–H groups in total. The second kappa shape index (κ2) is 5.56. The highest BCUT2D eigenvalue weighted by molar-refractivity contribution is 6.31. The van der Waals surface area contributed by atoms with Gasteiger partial charge in [-0.1, -0.05) is 23.7 Å². The predicted octanol–water partition coefficient (Wildman–Crippen LogP) is 3.32. The summed E-state index contributed by atoms with van der Waals surface area (Å²) in [5.74, 6) is 0.781. The zero-order valence-corrected chi connectivity index (χ0v) is 13.1. The molecule has 0 aliphatic carbocycles. The van der Waals surface area contributed by atoms with E-state index in [0.717, 1.165) is 29.7 Å². The fourth-order valence-corrected chi connectivity index (χ4v) is 3.97. The Morgan fingerprint density at radius 3 is 2.86 bits per heavy atom. The lowest BCUT2D eigenvalue weighted by Gasteiger charge is -2.30. The number of carbonyl (C=O) groups is 1. The molecule has 2 saturated heterocycles. The average molecular weight is 315 g/mol. The molecular formula is C18H19ClN2O. The van der Waals surface area contributed by atoms with Gasteiger partial charge in [-0.2, -0.15) is 0 Å². The zero-order valence-electron chi connectivity index (χ0n) is 12.4. The van der Waals surface area contributed by atoms with Crippen LogP contribution in [0.1, 0.15) is 23.2 Å². The maximum Gasteiger partial charge on any atom is 0.251 e. The summed E-state index contributed by atoms with van der Waals surface area (Å²) in [5.41, 5.74) is 0.711. The molecule has 114 valence electrons. The highest BCUT2D eigenvalue weighted by Crippen LogP contribution is 2.27. The van der Waals surface area contributed by atoms with Crippen LogP contribution in [0.5, 0.6) is 0 Å². The molecule has 4 heteroatoms. The molecule has 2 fully saturated rings. The Bertz CT molecular complexity index is 718. The fourth-order valence-electron chi connectivity index (χ4n) is 3.79. The molecule has 2 heterocycles. The van der Waals surface area contributed by atoms with Crippen molar-refractivity contribution in [2.75, 3.05) is 19.6 Å². The maximum absolute atomic E-state index is 12.5. The van der Waals surface area contributed by atoms with E-state index >= 15 is 0 Å². The van der Waals surface area contributed by atoms with Crippen LogP contribution in [0.2, 0.25) is 5.02 Å². The van der Waals surface area contributed by atoms with Crippen molar-refractivity contribution < 1.29 is 4.79 Å². The van der Waals surface area contributed by atoms with Gasteiger partial charge >= 0.3 is 0 Å². The summed E-state index contributed by atoms with van der Waals surface area (Å²) < 4.78 is 0. The monoisotopic (exact) mass is 314 g/mol. The van der Waals surface area contributed by atoms with Crippen LogP contribution < -0.4 is 5.32 Å². The van der Waals surface area contributed by atoms with Crippen molar-refractivity contribution in [3.63, 3.8) is 0 Å². The lowest BCUT2D eigenvalue weighted by molar-refractivity contribution is 0.0909. The largest absolute Gasteiger partial charge is 0.348 e. The molecule has 2 aromatic rings. The van der Waals surface area contributed by atoms with E-state index in [4.69, 9.17) is 11.6 Å². The molecular weight excluding hydrogens is 296 g/mol. The van der Waals surface area contributed by atoms with E-state index in [2.05, 4.69) is 10.2 Å². The van der Waals surface area contributed by atoms with Crippen molar-refractivity contribution in [3.8, 4) is 0 Å². The summed E-state index contributed by atoms with van der Waals surface area (Å²) in [6.07, 6.45) is 2.39. The number of benzene rings is 2. The number of nitrogens with one attached hydrogen (secondary N) is 1. The SMILES string of the molecule is O=C(N[C@@H]1C[C@H]2CCN(C2)C1)c1ccc2ccc(Cl)cc2c1. The van der Waals surface area contributed by atoms with Crippen LogP contribution in [0.15, 0.2) is 36.4 Å². The van der Waals surface area contributed by atoms with Crippen LogP contribution >= 0.6 is 11.6 Å². The number of nitrogens with zero attached hydrogens (tertiary/aromatic N) is 1. The van der Waals surface area contributed by atoms with E-state index in [-0.39, 0.29) is 11.9 Å². The maximum atomic E-state index is 12.5. The normalized spacial score (nSPS) is 27.0. The number of carbonyl (C=O) groups excluding carboxylic acids is 1. The van der Waals surface area contributed by atoms with Gasteiger partial charge in [-0.25, -0.2) is 0 Å². The summed E-state index contributed by atoms with van der Waals surface area (Å²) in [5, 5.41) is 6.00. The average Bonchev–Trinajstić information content (AvgIpc) is 2.85. The Labute approximate surface area is 135 Å². The predicted molar refractivity (Wildman–Crippen MR) is 89.4 cm³/mol. The summed E-state index contributed by atoms with van der Waals surface area (Å²) in [4.78, 5) is 15.0. The second-order valence-corrected chi connectivity index (χ2v) is 6.96. The van der Waals surface area contributed by atoms with Gasteiger partial charge in [0.15, 0.2) is 0 Å². The molecule has 0 aromatic heterocycles. The minimum atomic E-state index is 0.0226. The Morgan fingerprint density at radius 1 is 1.14 bits per heavy atom. The summed E-state index contributed by atoms with van der Waals surface area (Å²) >= 11 is 6.04. The molecule has 3 nitrogen and oxygen atoms in total. The van der Waals surface area contributed by atoms with E-state index in [1.165, 1.54) is 19.5 Å². The van der Waals surface area contributed by atoms with Crippen LogP contribution in [-0.2, 0) is 0 Å². The lowest BCUT2D eigenvalue weighted by Crippen LogP contribution is -2.47. The Balaban J connectivity index is 1.52. The van der Waals surface area contributed by atoms with Gasteiger partial charge in [-0.3, -0.25) is 4.79 Å². The van der Waals surface area contributed by atoms with Crippen molar-refractivity contribution in [2.24, 2.45) is 5.92 Å². The number of hydrogen-bond donors (Lipinski definition) is 1. The topological polar surface area (TPSA) is 32.3 Å².